The van der Waals surface area contributed by atoms with Crippen molar-refractivity contribution in [3.63, 3.8) is 0 Å². The van der Waals surface area contributed by atoms with Crippen LogP contribution < -0.4 is 0 Å². The van der Waals surface area contributed by atoms with Gasteiger partial charge in [0.25, 0.3) is 0 Å². The Hall–Kier alpha value is -1.05. The summed E-state index contributed by atoms with van der Waals surface area (Å²) in [6.45, 7) is 3.93. The quantitative estimate of drug-likeness (QED) is 0.603. The normalized spacial score (nSPS) is 17.0. The van der Waals surface area contributed by atoms with Gasteiger partial charge < -0.3 is 4.74 Å². The average molecular weight is 152 g/mol. The van der Waals surface area contributed by atoms with Gasteiger partial charge >= 0.3 is 0 Å². The first-order valence-corrected chi connectivity index (χ1v) is 3.76. The zero-order chi connectivity index (χ0) is 8.27. The molecule has 11 heavy (non-hydrogen) atoms. The van der Waals surface area contributed by atoms with Crippen molar-refractivity contribution in [3.8, 4) is 0 Å². The topological polar surface area (TPSA) is 26.3 Å². The number of carbonyl (C=O) groups excluding carboxylic acids is 1. The number of carbonyl (C=O) groups is 1. The summed E-state index contributed by atoms with van der Waals surface area (Å²) < 4.78 is 5.36. The van der Waals surface area contributed by atoms with Crippen molar-refractivity contribution in [2.24, 2.45) is 0 Å². The Bertz CT molecular complexity index is 212. The molecule has 0 spiro atoms. The largest absolute Gasteiger partial charge is 0.491 e. The first kappa shape index (κ1) is 8.05. The molecule has 2 nitrogen and oxygen atoms in total. The summed E-state index contributed by atoms with van der Waals surface area (Å²) in [4.78, 5) is 10.7. The third kappa shape index (κ3) is 2.58. The predicted molar refractivity (Wildman–Crippen MR) is 43.1 cm³/mol. The molecular weight excluding hydrogens is 140 g/mol. The van der Waals surface area contributed by atoms with Gasteiger partial charge in [-0.05, 0) is 32.1 Å². The lowest BCUT2D eigenvalue weighted by Crippen LogP contribution is -2.04. The minimum absolute atomic E-state index is 0.140. The van der Waals surface area contributed by atoms with E-state index < -0.39 is 0 Å². The molecule has 1 aliphatic rings. The van der Waals surface area contributed by atoms with Crippen LogP contribution in [-0.2, 0) is 9.53 Å². The molecule has 1 rings (SSSR count). The molecule has 0 aromatic heterocycles. The molecule has 0 amide bonds. The third-order valence-corrected chi connectivity index (χ3v) is 1.31. The Balaban J connectivity index is 2.50. The molecule has 0 fully saturated rings. The zero-order valence-corrected chi connectivity index (χ0v) is 6.83. The molecule has 0 saturated carbocycles. The van der Waals surface area contributed by atoms with Gasteiger partial charge in [0.15, 0.2) is 5.78 Å². The molecule has 0 saturated heterocycles. The van der Waals surface area contributed by atoms with Crippen LogP contribution in [0, 0.1) is 0 Å². The van der Waals surface area contributed by atoms with Gasteiger partial charge in [-0.15, -0.1) is 0 Å². The zero-order valence-electron chi connectivity index (χ0n) is 6.83. The van der Waals surface area contributed by atoms with Gasteiger partial charge in [0.1, 0.15) is 5.76 Å². The van der Waals surface area contributed by atoms with E-state index >= 15 is 0 Å². The standard InChI is InChI=1S/C9H12O2/c1-7(2)11-9-5-3-8(10)4-6-9/h3,5-7H,4H2,1-2H3. The first-order valence-electron chi connectivity index (χ1n) is 3.76. The Morgan fingerprint density at radius 3 is 2.64 bits per heavy atom. The molecule has 0 radical (unpaired) electrons. The van der Waals surface area contributed by atoms with Crippen molar-refractivity contribution < 1.29 is 9.53 Å². The van der Waals surface area contributed by atoms with Gasteiger partial charge in [0.2, 0.25) is 0 Å². The Kier molecular flexibility index (Phi) is 2.47. The molecular formula is C9H12O2. The summed E-state index contributed by atoms with van der Waals surface area (Å²) in [7, 11) is 0. The Labute approximate surface area is 66.5 Å². The first-order chi connectivity index (χ1) is 5.18. The summed E-state index contributed by atoms with van der Waals surface area (Å²) in [6.07, 6.45) is 5.73. The second-order valence-corrected chi connectivity index (χ2v) is 2.78. The highest BCUT2D eigenvalue weighted by atomic mass is 16.5. The Morgan fingerprint density at radius 1 is 1.45 bits per heavy atom. The van der Waals surface area contributed by atoms with E-state index in [1.54, 1.807) is 12.2 Å². The number of rotatable bonds is 2. The maximum Gasteiger partial charge on any atom is 0.159 e. The van der Waals surface area contributed by atoms with Crippen LogP contribution in [0.4, 0.5) is 0 Å². The van der Waals surface area contributed by atoms with Crippen LogP contribution in [-0.4, -0.2) is 11.9 Å². The molecule has 0 heterocycles. The highest BCUT2D eigenvalue weighted by Crippen LogP contribution is 2.10. The molecule has 0 aromatic rings. The van der Waals surface area contributed by atoms with Gasteiger partial charge in [-0.25, -0.2) is 0 Å². The van der Waals surface area contributed by atoms with Crippen molar-refractivity contribution in [1.29, 1.82) is 0 Å². The molecule has 0 aliphatic heterocycles. The number of hydrogen-bond acceptors (Lipinski definition) is 2. The van der Waals surface area contributed by atoms with E-state index in [-0.39, 0.29) is 11.9 Å². The van der Waals surface area contributed by atoms with Gasteiger partial charge in [0.05, 0.1) is 6.10 Å². The molecule has 60 valence electrons. The van der Waals surface area contributed by atoms with Crippen molar-refractivity contribution >= 4 is 5.78 Å². The Morgan fingerprint density at radius 2 is 2.18 bits per heavy atom. The summed E-state index contributed by atoms with van der Waals surface area (Å²) >= 11 is 0. The summed E-state index contributed by atoms with van der Waals surface area (Å²) in [5, 5.41) is 0. The maximum absolute atomic E-state index is 10.7. The van der Waals surface area contributed by atoms with E-state index in [1.807, 2.05) is 19.9 Å². The lowest BCUT2D eigenvalue weighted by atomic mass is 10.1. The monoisotopic (exact) mass is 152 g/mol. The van der Waals surface area contributed by atoms with Gasteiger partial charge in [0, 0.05) is 6.42 Å². The minimum atomic E-state index is 0.140. The van der Waals surface area contributed by atoms with Crippen LogP contribution >= 0.6 is 0 Å². The van der Waals surface area contributed by atoms with Crippen molar-refractivity contribution in [2.45, 2.75) is 26.4 Å². The average Bonchev–Trinajstić information content (AvgIpc) is 1.93. The lowest BCUT2D eigenvalue weighted by molar-refractivity contribution is -0.114. The molecule has 2 heteroatoms. The van der Waals surface area contributed by atoms with Gasteiger partial charge in [-0.3, -0.25) is 4.79 Å². The minimum Gasteiger partial charge on any atom is -0.491 e. The smallest absolute Gasteiger partial charge is 0.159 e. The van der Waals surface area contributed by atoms with E-state index in [1.165, 1.54) is 0 Å². The number of hydrogen-bond donors (Lipinski definition) is 0. The highest BCUT2D eigenvalue weighted by Gasteiger charge is 2.04. The molecule has 0 atom stereocenters. The summed E-state index contributed by atoms with van der Waals surface area (Å²) in [6, 6.07) is 0. The van der Waals surface area contributed by atoms with Crippen LogP contribution in [0.15, 0.2) is 24.0 Å². The van der Waals surface area contributed by atoms with Crippen molar-refractivity contribution in [3.05, 3.63) is 24.0 Å². The number of ketones is 1. The van der Waals surface area contributed by atoms with E-state index in [4.69, 9.17) is 4.74 Å². The fourth-order valence-corrected chi connectivity index (χ4v) is 0.872. The highest BCUT2D eigenvalue weighted by molar-refractivity contribution is 5.92. The van der Waals surface area contributed by atoms with E-state index in [0.717, 1.165) is 5.76 Å². The van der Waals surface area contributed by atoms with Gasteiger partial charge in [-0.1, -0.05) is 0 Å². The van der Waals surface area contributed by atoms with E-state index in [2.05, 4.69) is 0 Å². The lowest BCUT2D eigenvalue weighted by Gasteiger charge is -2.11. The van der Waals surface area contributed by atoms with Crippen LogP contribution in [0.5, 0.6) is 0 Å². The predicted octanol–water partition coefficient (Wildman–Crippen LogP) is 1.82. The molecule has 0 unspecified atom stereocenters. The molecule has 1 aliphatic carbocycles. The molecule has 0 bridgehead atoms. The second kappa shape index (κ2) is 3.37. The van der Waals surface area contributed by atoms with Crippen molar-refractivity contribution in [2.75, 3.05) is 0 Å². The van der Waals surface area contributed by atoms with Gasteiger partial charge in [-0.2, -0.15) is 0 Å². The van der Waals surface area contributed by atoms with Crippen LogP contribution in [0.25, 0.3) is 0 Å². The fraction of sp³-hybridized carbons (Fsp3) is 0.444. The van der Waals surface area contributed by atoms with E-state index in [9.17, 15) is 4.79 Å². The van der Waals surface area contributed by atoms with Crippen molar-refractivity contribution in [1.82, 2.24) is 0 Å². The SMILES string of the molecule is CC(C)OC1=CCC(=O)C=C1. The van der Waals surface area contributed by atoms with Crippen LogP contribution in [0.2, 0.25) is 0 Å². The summed E-state index contributed by atoms with van der Waals surface area (Å²) in [5.41, 5.74) is 0. The number of allylic oxidation sites excluding steroid dienone is 3. The number of ether oxygens (including phenoxy) is 1. The van der Waals surface area contributed by atoms with E-state index in [0.29, 0.717) is 6.42 Å². The van der Waals surface area contributed by atoms with Crippen LogP contribution in [0.1, 0.15) is 20.3 Å². The molecule has 0 aromatic carbocycles. The molecule has 0 N–H and O–H groups in total. The van der Waals surface area contributed by atoms with Crippen LogP contribution in [0.3, 0.4) is 0 Å². The fourth-order valence-electron chi connectivity index (χ4n) is 0.872. The third-order valence-electron chi connectivity index (χ3n) is 1.31. The maximum atomic E-state index is 10.7. The second-order valence-electron chi connectivity index (χ2n) is 2.78. The summed E-state index contributed by atoms with van der Waals surface area (Å²) in [5.74, 6) is 0.945.